The van der Waals surface area contributed by atoms with Gasteiger partial charge in [-0.2, -0.15) is 4.31 Å². The Balaban J connectivity index is 1.71. The van der Waals surface area contributed by atoms with Gasteiger partial charge in [-0.15, -0.1) is 0 Å². The number of hydrogen-bond acceptors (Lipinski definition) is 4. The van der Waals surface area contributed by atoms with Crippen LogP contribution in [-0.4, -0.2) is 42.3 Å². The molecule has 0 spiro atoms. The molecular formula is C26H37N3O4S. The largest absolute Gasteiger partial charge is 0.349 e. The number of aryl methyl sites for hydroxylation is 1. The lowest BCUT2D eigenvalue weighted by Gasteiger charge is -2.34. The molecule has 2 fully saturated rings. The number of aromatic nitrogens is 1. The van der Waals surface area contributed by atoms with Crippen LogP contribution in [0.3, 0.4) is 0 Å². The van der Waals surface area contributed by atoms with E-state index in [1.165, 1.54) is 10.4 Å². The standard InChI is InChI=1S/C26H37N3O4S/c1-5-28-16-23(26(31)27-20-8-6-17(2)7-9-20)25(30)22-13-21(10-11-24(22)28)34(32,33)29-14-18(3)12-19(4)15-29/h10-11,13,16-20H,5-9,12,14-15H2,1-4H3,(H,27,31)/t17?,18-,19-,20?/m1/s1. The minimum absolute atomic E-state index is 0.0720. The lowest BCUT2D eigenvalue weighted by atomic mass is 9.87. The fourth-order valence-corrected chi connectivity index (χ4v) is 7.29. The quantitative estimate of drug-likeness (QED) is 0.691. The highest BCUT2D eigenvalue weighted by atomic mass is 32.2. The van der Waals surface area contributed by atoms with Crippen LogP contribution in [0.25, 0.3) is 10.9 Å². The predicted octanol–water partition coefficient (Wildman–Crippen LogP) is 4.00. The first-order valence-corrected chi connectivity index (χ1v) is 14.0. The molecule has 34 heavy (non-hydrogen) atoms. The fraction of sp³-hybridized carbons (Fsp3) is 0.615. The van der Waals surface area contributed by atoms with E-state index in [1.807, 2.05) is 11.5 Å². The molecule has 1 aromatic heterocycles. The zero-order valence-corrected chi connectivity index (χ0v) is 21.5. The van der Waals surface area contributed by atoms with Gasteiger partial charge in [0.15, 0.2) is 0 Å². The monoisotopic (exact) mass is 487 g/mol. The first-order valence-electron chi connectivity index (χ1n) is 12.6. The summed E-state index contributed by atoms with van der Waals surface area (Å²) < 4.78 is 30.2. The van der Waals surface area contributed by atoms with Crippen molar-refractivity contribution in [3.63, 3.8) is 0 Å². The van der Waals surface area contributed by atoms with Crippen molar-refractivity contribution < 1.29 is 13.2 Å². The van der Waals surface area contributed by atoms with Gasteiger partial charge in [0, 0.05) is 37.3 Å². The van der Waals surface area contributed by atoms with Crippen LogP contribution >= 0.6 is 0 Å². The molecule has 0 bridgehead atoms. The highest BCUT2D eigenvalue weighted by Crippen LogP contribution is 2.28. The van der Waals surface area contributed by atoms with E-state index in [-0.39, 0.29) is 39.6 Å². The van der Waals surface area contributed by atoms with Crippen LogP contribution in [0, 0.1) is 17.8 Å². The van der Waals surface area contributed by atoms with E-state index in [1.54, 1.807) is 18.3 Å². The third-order valence-electron chi connectivity index (χ3n) is 7.46. The maximum Gasteiger partial charge on any atom is 0.256 e. The van der Waals surface area contributed by atoms with Gasteiger partial charge in [0.2, 0.25) is 15.5 Å². The van der Waals surface area contributed by atoms with Crippen molar-refractivity contribution >= 4 is 26.8 Å². The molecule has 2 aromatic rings. The van der Waals surface area contributed by atoms with Crippen LogP contribution < -0.4 is 10.7 Å². The van der Waals surface area contributed by atoms with Crippen LogP contribution in [0.15, 0.2) is 34.1 Å². The van der Waals surface area contributed by atoms with Crippen LogP contribution in [0.1, 0.15) is 70.2 Å². The highest BCUT2D eigenvalue weighted by molar-refractivity contribution is 7.89. The van der Waals surface area contributed by atoms with Gasteiger partial charge in [-0.25, -0.2) is 8.42 Å². The van der Waals surface area contributed by atoms with E-state index in [4.69, 9.17) is 0 Å². The molecule has 0 unspecified atom stereocenters. The number of piperidine rings is 1. The summed E-state index contributed by atoms with van der Waals surface area (Å²) in [6.07, 6.45) is 6.57. The number of nitrogens with zero attached hydrogens (tertiary/aromatic N) is 2. The Morgan fingerprint density at radius 3 is 2.29 bits per heavy atom. The Hall–Kier alpha value is -2.19. The van der Waals surface area contributed by atoms with E-state index in [0.717, 1.165) is 32.1 Å². The second-order valence-electron chi connectivity index (χ2n) is 10.5. The summed E-state index contributed by atoms with van der Waals surface area (Å²) in [5, 5.41) is 3.31. The normalized spacial score (nSPS) is 26.5. The zero-order valence-electron chi connectivity index (χ0n) is 20.7. The molecule has 8 heteroatoms. The Morgan fingerprint density at radius 1 is 1.03 bits per heavy atom. The summed E-state index contributed by atoms with van der Waals surface area (Å²) >= 11 is 0. The Kier molecular flexibility index (Phi) is 7.20. The number of amides is 1. The van der Waals surface area contributed by atoms with Crippen molar-refractivity contribution in [2.45, 2.75) is 77.3 Å². The van der Waals surface area contributed by atoms with Crippen molar-refractivity contribution in [2.75, 3.05) is 13.1 Å². The van der Waals surface area contributed by atoms with E-state index < -0.39 is 15.5 Å². The van der Waals surface area contributed by atoms with Gasteiger partial charge in [-0.05, 0) is 75.0 Å². The molecule has 1 saturated heterocycles. The smallest absolute Gasteiger partial charge is 0.256 e. The van der Waals surface area contributed by atoms with Crippen molar-refractivity contribution in [2.24, 2.45) is 17.8 Å². The van der Waals surface area contributed by atoms with Crippen LogP contribution in [-0.2, 0) is 16.6 Å². The number of nitrogens with one attached hydrogen (secondary N) is 1. The highest BCUT2D eigenvalue weighted by Gasteiger charge is 2.32. The van der Waals surface area contributed by atoms with Crippen LogP contribution in [0.4, 0.5) is 0 Å². The van der Waals surface area contributed by atoms with Gasteiger partial charge < -0.3 is 9.88 Å². The first-order chi connectivity index (χ1) is 16.1. The van der Waals surface area contributed by atoms with Gasteiger partial charge in [0.05, 0.1) is 10.4 Å². The summed E-state index contributed by atoms with van der Waals surface area (Å²) in [5.74, 6) is 0.863. The molecule has 7 nitrogen and oxygen atoms in total. The summed E-state index contributed by atoms with van der Waals surface area (Å²) in [6.45, 7) is 9.81. The molecule has 4 rings (SSSR count). The molecular weight excluding hydrogens is 450 g/mol. The molecule has 2 atom stereocenters. The van der Waals surface area contributed by atoms with Crippen molar-refractivity contribution in [3.8, 4) is 0 Å². The maximum atomic E-state index is 13.4. The van der Waals surface area contributed by atoms with E-state index in [0.29, 0.717) is 31.1 Å². The molecule has 2 aliphatic rings. The number of benzene rings is 1. The number of carbonyl (C=O) groups excluding carboxylic acids is 1. The van der Waals surface area contributed by atoms with E-state index in [2.05, 4.69) is 26.1 Å². The fourth-order valence-electron chi connectivity index (χ4n) is 5.58. The van der Waals surface area contributed by atoms with Gasteiger partial charge in [-0.3, -0.25) is 9.59 Å². The lowest BCUT2D eigenvalue weighted by Crippen LogP contribution is -2.42. The number of carbonyl (C=O) groups is 1. The number of fused-ring (bicyclic) bond motifs is 1. The third kappa shape index (κ3) is 4.93. The molecule has 186 valence electrons. The first kappa shape index (κ1) is 24.9. The third-order valence-corrected chi connectivity index (χ3v) is 9.29. The van der Waals surface area contributed by atoms with Crippen LogP contribution in [0.2, 0.25) is 0 Å². The molecule has 2 heterocycles. The SMILES string of the molecule is CCn1cc(C(=O)NC2CCC(C)CC2)c(=O)c2cc(S(=O)(=O)N3C[C@H](C)C[C@@H](C)C3)ccc21. The number of rotatable bonds is 5. The minimum atomic E-state index is -3.73. The minimum Gasteiger partial charge on any atom is -0.349 e. The summed E-state index contributed by atoms with van der Waals surface area (Å²) in [4.78, 5) is 26.6. The Bertz CT molecular complexity index is 1220. The van der Waals surface area contributed by atoms with Gasteiger partial charge in [0.1, 0.15) is 5.56 Å². The molecule has 1 aromatic carbocycles. The van der Waals surface area contributed by atoms with E-state index >= 15 is 0 Å². The summed E-state index contributed by atoms with van der Waals surface area (Å²) in [6, 6.07) is 4.80. The van der Waals surface area contributed by atoms with Crippen molar-refractivity contribution in [1.29, 1.82) is 0 Å². The molecule has 1 amide bonds. The zero-order chi connectivity index (χ0) is 24.6. The predicted molar refractivity (Wildman–Crippen MR) is 134 cm³/mol. The van der Waals surface area contributed by atoms with Crippen molar-refractivity contribution in [1.82, 2.24) is 14.2 Å². The topological polar surface area (TPSA) is 88.5 Å². The molecule has 1 saturated carbocycles. The second-order valence-corrected chi connectivity index (χ2v) is 12.5. The maximum absolute atomic E-state index is 13.4. The van der Waals surface area contributed by atoms with Crippen LogP contribution in [0.5, 0.6) is 0 Å². The lowest BCUT2D eigenvalue weighted by molar-refractivity contribution is 0.0921. The van der Waals surface area contributed by atoms with Gasteiger partial charge >= 0.3 is 0 Å². The second kappa shape index (κ2) is 9.82. The Morgan fingerprint density at radius 2 is 1.68 bits per heavy atom. The summed E-state index contributed by atoms with van der Waals surface area (Å²) in [5.41, 5.74) is 0.288. The molecule has 1 aliphatic carbocycles. The average Bonchev–Trinajstić information content (AvgIpc) is 2.80. The van der Waals surface area contributed by atoms with E-state index in [9.17, 15) is 18.0 Å². The number of sulfonamides is 1. The molecule has 1 aliphatic heterocycles. The number of hydrogen-bond donors (Lipinski definition) is 1. The van der Waals surface area contributed by atoms with Gasteiger partial charge in [0.25, 0.3) is 5.91 Å². The van der Waals surface area contributed by atoms with Gasteiger partial charge in [-0.1, -0.05) is 20.8 Å². The number of pyridine rings is 1. The van der Waals surface area contributed by atoms with Crippen molar-refractivity contribution in [3.05, 3.63) is 40.2 Å². The average molecular weight is 488 g/mol. The Labute approximate surface area is 202 Å². The molecule has 1 N–H and O–H groups in total. The molecule has 0 radical (unpaired) electrons. The summed E-state index contributed by atoms with van der Waals surface area (Å²) in [7, 11) is -3.73.